The van der Waals surface area contributed by atoms with Crippen LogP contribution in [-0.4, -0.2) is 32.8 Å². The summed E-state index contributed by atoms with van der Waals surface area (Å²) in [5.41, 5.74) is 2.08. The number of hydrogen-bond acceptors (Lipinski definition) is 3. The lowest BCUT2D eigenvalue weighted by Gasteiger charge is -2.10. The van der Waals surface area contributed by atoms with E-state index in [1.807, 2.05) is 18.2 Å². The van der Waals surface area contributed by atoms with Gasteiger partial charge in [0, 0.05) is 37.8 Å². The lowest BCUT2D eigenvalue weighted by Crippen LogP contribution is -2.38. The summed E-state index contributed by atoms with van der Waals surface area (Å²) in [6, 6.07) is 8.08. The minimum absolute atomic E-state index is 0. The van der Waals surface area contributed by atoms with E-state index in [9.17, 15) is 0 Å². The van der Waals surface area contributed by atoms with E-state index in [0.29, 0.717) is 6.54 Å². The van der Waals surface area contributed by atoms with Crippen molar-refractivity contribution in [2.24, 2.45) is 4.99 Å². The molecular weight excluding hydrogens is 405 g/mol. The van der Waals surface area contributed by atoms with E-state index in [4.69, 9.17) is 9.15 Å². The van der Waals surface area contributed by atoms with Gasteiger partial charge in [-0.3, -0.25) is 0 Å². The van der Waals surface area contributed by atoms with Gasteiger partial charge in [0.2, 0.25) is 0 Å². The minimum Gasteiger partial charge on any atom is -0.459 e. The number of aliphatic imine (C=N–C) groups is 1. The van der Waals surface area contributed by atoms with Crippen LogP contribution < -0.4 is 10.6 Å². The summed E-state index contributed by atoms with van der Waals surface area (Å²) < 4.78 is 10.9. The first-order chi connectivity index (χ1) is 10.8. The highest BCUT2D eigenvalue weighted by Crippen LogP contribution is 2.25. The van der Waals surface area contributed by atoms with Gasteiger partial charge in [0.05, 0.1) is 0 Å². The van der Waals surface area contributed by atoms with Gasteiger partial charge < -0.3 is 19.8 Å². The molecule has 0 spiro atoms. The number of rotatable bonds is 7. The SMILES string of the molecule is CCNC(=NCc1oc2ccccc2c1C)NCCCOC.I. The molecule has 23 heavy (non-hydrogen) atoms. The predicted octanol–water partition coefficient (Wildman–Crippen LogP) is 3.45. The van der Waals surface area contributed by atoms with Crippen molar-refractivity contribution in [3.05, 3.63) is 35.6 Å². The van der Waals surface area contributed by atoms with E-state index in [0.717, 1.165) is 54.4 Å². The first-order valence-corrected chi connectivity index (χ1v) is 7.74. The Morgan fingerprint density at radius 1 is 1.26 bits per heavy atom. The fraction of sp³-hybridized carbons (Fsp3) is 0.471. The lowest BCUT2D eigenvalue weighted by atomic mass is 10.1. The van der Waals surface area contributed by atoms with Gasteiger partial charge in [-0.05, 0) is 26.3 Å². The van der Waals surface area contributed by atoms with Crippen molar-refractivity contribution in [1.82, 2.24) is 10.6 Å². The molecule has 0 radical (unpaired) electrons. The molecule has 2 N–H and O–H groups in total. The molecule has 0 saturated heterocycles. The van der Waals surface area contributed by atoms with Crippen molar-refractivity contribution >= 4 is 40.9 Å². The third kappa shape index (κ3) is 5.69. The Hall–Kier alpha value is -1.28. The zero-order chi connectivity index (χ0) is 15.8. The van der Waals surface area contributed by atoms with Crippen molar-refractivity contribution in [2.45, 2.75) is 26.8 Å². The van der Waals surface area contributed by atoms with E-state index in [2.05, 4.69) is 35.5 Å². The second-order valence-corrected chi connectivity index (χ2v) is 5.11. The van der Waals surface area contributed by atoms with Gasteiger partial charge in [0.15, 0.2) is 5.96 Å². The number of furan rings is 1. The van der Waals surface area contributed by atoms with Gasteiger partial charge in [-0.15, -0.1) is 24.0 Å². The lowest BCUT2D eigenvalue weighted by molar-refractivity contribution is 0.195. The number of aryl methyl sites for hydroxylation is 1. The van der Waals surface area contributed by atoms with Crippen LogP contribution in [0.5, 0.6) is 0 Å². The second kappa shape index (κ2) is 10.5. The van der Waals surface area contributed by atoms with Crippen molar-refractivity contribution in [3.63, 3.8) is 0 Å². The molecule has 0 aliphatic carbocycles. The third-order valence-electron chi connectivity index (χ3n) is 3.49. The molecule has 128 valence electrons. The molecule has 1 aromatic heterocycles. The molecule has 0 saturated carbocycles. The molecule has 5 nitrogen and oxygen atoms in total. The van der Waals surface area contributed by atoms with Crippen LogP contribution in [-0.2, 0) is 11.3 Å². The van der Waals surface area contributed by atoms with Gasteiger partial charge >= 0.3 is 0 Å². The highest BCUT2D eigenvalue weighted by Gasteiger charge is 2.09. The van der Waals surface area contributed by atoms with Crippen LogP contribution in [0.15, 0.2) is 33.7 Å². The number of para-hydroxylation sites is 1. The smallest absolute Gasteiger partial charge is 0.191 e. The van der Waals surface area contributed by atoms with Crippen molar-refractivity contribution < 1.29 is 9.15 Å². The summed E-state index contributed by atoms with van der Waals surface area (Å²) in [6.45, 7) is 7.07. The standard InChI is InChI=1S/C17H25N3O2.HI/c1-4-18-17(19-10-7-11-21-3)20-12-16-13(2)14-8-5-6-9-15(14)22-16;/h5-6,8-9H,4,7,10-12H2,1-3H3,(H2,18,19,20);1H. The minimum atomic E-state index is 0. The molecule has 2 rings (SSSR count). The predicted molar refractivity (Wildman–Crippen MR) is 106 cm³/mol. The number of guanidine groups is 1. The van der Waals surface area contributed by atoms with E-state index < -0.39 is 0 Å². The Labute approximate surface area is 154 Å². The Morgan fingerprint density at radius 3 is 2.74 bits per heavy atom. The van der Waals surface area contributed by atoms with Crippen molar-refractivity contribution in [2.75, 3.05) is 26.8 Å². The van der Waals surface area contributed by atoms with Gasteiger partial charge in [0.1, 0.15) is 17.9 Å². The van der Waals surface area contributed by atoms with Gasteiger partial charge in [-0.1, -0.05) is 18.2 Å². The Morgan fingerprint density at radius 2 is 2.04 bits per heavy atom. The average molecular weight is 431 g/mol. The summed E-state index contributed by atoms with van der Waals surface area (Å²) in [7, 11) is 1.71. The summed E-state index contributed by atoms with van der Waals surface area (Å²) >= 11 is 0. The summed E-state index contributed by atoms with van der Waals surface area (Å²) in [6.07, 6.45) is 0.949. The number of fused-ring (bicyclic) bond motifs is 1. The molecule has 1 aromatic carbocycles. The molecule has 0 bridgehead atoms. The number of nitrogens with zero attached hydrogens (tertiary/aromatic N) is 1. The quantitative estimate of drug-likeness (QED) is 0.305. The van der Waals surface area contributed by atoms with Crippen LogP contribution in [0.25, 0.3) is 11.0 Å². The fourth-order valence-corrected chi connectivity index (χ4v) is 2.29. The number of methoxy groups -OCH3 is 1. The molecule has 0 aliphatic heterocycles. The van der Waals surface area contributed by atoms with E-state index in [1.165, 1.54) is 0 Å². The number of ether oxygens (including phenoxy) is 1. The van der Waals surface area contributed by atoms with Gasteiger partial charge in [-0.25, -0.2) is 4.99 Å². The van der Waals surface area contributed by atoms with Crippen LogP contribution in [0, 0.1) is 6.92 Å². The fourth-order valence-electron chi connectivity index (χ4n) is 2.29. The topological polar surface area (TPSA) is 58.8 Å². The first kappa shape index (κ1) is 19.8. The number of halogens is 1. The average Bonchev–Trinajstić information content (AvgIpc) is 2.86. The van der Waals surface area contributed by atoms with E-state index in [-0.39, 0.29) is 24.0 Å². The van der Waals surface area contributed by atoms with Crippen LogP contribution in [0.3, 0.4) is 0 Å². The maximum Gasteiger partial charge on any atom is 0.191 e. The largest absolute Gasteiger partial charge is 0.459 e. The molecule has 2 aromatic rings. The molecule has 1 heterocycles. The van der Waals surface area contributed by atoms with Crippen LogP contribution in [0.2, 0.25) is 0 Å². The zero-order valence-corrected chi connectivity index (χ0v) is 16.3. The van der Waals surface area contributed by atoms with Gasteiger partial charge in [0.25, 0.3) is 0 Å². The molecule has 0 fully saturated rings. The monoisotopic (exact) mass is 431 g/mol. The summed E-state index contributed by atoms with van der Waals surface area (Å²) in [5.74, 6) is 1.72. The Balaban J connectivity index is 0.00000264. The van der Waals surface area contributed by atoms with Crippen LogP contribution in [0.1, 0.15) is 24.7 Å². The normalized spacial score (nSPS) is 11.3. The number of hydrogen-bond donors (Lipinski definition) is 2. The Kier molecular flexibility index (Phi) is 9.01. The maximum atomic E-state index is 5.89. The summed E-state index contributed by atoms with van der Waals surface area (Å²) in [5, 5.41) is 7.69. The van der Waals surface area contributed by atoms with E-state index >= 15 is 0 Å². The molecule has 6 heteroatoms. The van der Waals surface area contributed by atoms with Crippen molar-refractivity contribution in [1.29, 1.82) is 0 Å². The molecule has 0 unspecified atom stereocenters. The highest BCUT2D eigenvalue weighted by atomic mass is 127. The molecule has 0 amide bonds. The third-order valence-corrected chi connectivity index (χ3v) is 3.49. The van der Waals surface area contributed by atoms with E-state index in [1.54, 1.807) is 7.11 Å². The molecular formula is C17H26IN3O2. The first-order valence-electron chi connectivity index (χ1n) is 7.74. The van der Waals surface area contributed by atoms with Crippen LogP contribution in [0.4, 0.5) is 0 Å². The zero-order valence-electron chi connectivity index (χ0n) is 14.0. The molecule has 0 aliphatic rings. The second-order valence-electron chi connectivity index (χ2n) is 5.11. The molecule has 0 atom stereocenters. The van der Waals surface area contributed by atoms with Gasteiger partial charge in [-0.2, -0.15) is 0 Å². The van der Waals surface area contributed by atoms with Crippen molar-refractivity contribution in [3.8, 4) is 0 Å². The number of nitrogens with one attached hydrogen (secondary N) is 2. The Bertz CT molecular complexity index is 625. The highest BCUT2D eigenvalue weighted by molar-refractivity contribution is 14.0. The van der Waals surface area contributed by atoms with Crippen LogP contribution >= 0.6 is 24.0 Å². The number of benzene rings is 1. The summed E-state index contributed by atoms with van der Waals surface area (Å²) in [4.78, 5) is 4.60. The maximum absolute atomic E-state index is 5.89.